The lowest BCUT2D eigenvalue weighted by molar-refractivity contribution is 0.381. The van der Waals surface area contributed by atoms with Gasteiger partial charge in [-0.3, -0.25) is 4.99 Å². The lowest BCUT2D eigenvalue weighted by Gasteiger charge is -2.29. The maximum Gasteiger partial charge on any atom is 0.126 e. The third-order valence-electron chi connectivity index (χ3n) is 4.18. The zero-order chi connectivity index (χ0) is 18.8. The smallest absolute Gasteiger partial charge is 0.126 e. The molecule has 0 heterocycles. The number of phenols is 1. The zero-order valence-corrected chi connectivity index (χ0v) is 16.3. The predicted molar refractivity (Wildman–Crippen MR) is 106 cm³/mol. The number of rotatable bonds is 3. The molecule has 0 saturated carbocycles. The van der Waals surface area contributed by atoms with Gasteiger partial charge in [-0.1, -0.05) is 53.7 Å². The van der Waals surface area contributed by atoms with Crippen molar-refractivity contribution in [2.45, 2.75) is 52.4 Å². The van der Waals surface area contributed by atoms with E-state index in [-0.39, 0.29) is 16.6 Å². The van der Waals surface area contributed by atoms with Gasteiger partial charge < -0.3 is 9.84 Å². The van der Waals surface area contributed by atoms with Crippen LogP contribution in [0.1, 0.15) is 58.2 Å². The first kappa shape index (κ1) is 19.0. The van der Waals surface area contributed by atoms with Gasteiger partial charge in [0.25, 0.3) is 0 Å². The van der Waals surface area contributed by atoms with Gasteiger partial charge in [0.15, 0.2) is 0 Å². The van der Waals surface area contributed by atoms with E-state index in [9.17, 15) is 5.11 Å². The lowest BCUT2D eigenvalue weighted by atomic mass is 9.79. The van der Waals surface area contributed by atoms with Crippen LogP contribution in [0.5, 0.6) is 11.5 Å². The third-order valence-corrected chi connectivity index (χ3v) is 4.18. The van der Waals surface area contributed by atoms with Crippen molar-refractivity contribution in [1.29, 1.82) is 0 Å². The highest BCUT2D eigenvalue weighted by atomic mass is 16.5. The van der Waals surface area contributed by atoms with Crippen molar-refractivity contribution in [1.82, 2.24) is 0 Å². The molecule has 0 aliphatic rings. The Balaban J connectivity index is 2.61. The molecule has 0 saturated heterocycles. The number of phenolic OH excluding ortho intramolecular Hbond substituents is 1. The summed E-state index contributed by atoms with van der Waals surface area (Å²) in [6, 6.07) is 11.3. The van der Waals surface area contributed by atoms with E-state index in [1.54, 1.807) is 25.5 Å². The second kappa shape index (κ2) is 6.91. The van der Waals surface area contributed by atoms with Crippen LogP contribution < -0.4 is 4.74 Å². The summed E-state index contributed by atoms with van der Waals surface area (Å²) in [6.07, 6.45) is 1.70. The Bertz CT molecular complexity index is 742. The Labute approximate surface area is 151 Å². The molecule has 25 heavy (non-hydrogen) atoms. The molecule has 1 N–H and O–H groups in total. The monoisotopic (exact) mass is 339 g/mol. The minimum absolute atomic E-state index is 0.0637. The molecule has 0 radical (unpaired) electrons. The molecule has 3 heteroatoms. The summed E-state index contributed by atoms with van der Waals surface area (Å²) in [5, 5.41) is 9.93. The molecule has 0 spiro atoms. The quantitative estimate of drug-likeness (QED) is 0.724. The van der Waals surface area contributed by atoms with Crippen LogP contribution >= 0.6 is 0 Å². The van der Waals surface area contributed by atoms with Crippen LogP contribution in [-0.4, -0.2) is 18.4 Å². The average Bonchev–Trinajstić information content (AvgIpc) is 2.51. The lowest BCUT2D eigenvalue weighted by Crippen LogP contribution is -2.18. The number of aliphatic imine (C=N–C) groups is 1. The number of ether oxygens (including phenoxy) is 1. The van der Waals surface area contributed by atoms with Gasteiger partial charge >= 0.3 is 0 Å². The largest absolute Gasteiger partial charge is 0.507 e. The van der Waals surface area contributed by atoms with E-state index < -0.39 is 0 Å². The van der Waals surface area contributed by atoms with Crippen LogP contribution in [0, 0.1) is 0 Å². The Morgan fingerprint density at radius 3 is 1.88 bits per heavy atom. The van der Waals surface area contributed by atoms with E-state index in [1.807, 2.05) is 12.1 Å². The molecular weight excluding hydrogens is 310 g/mol. The average molecular weight is 339 g/mol. The highest BCUT2D eigenvalue weighted by Crippen LogP contribution is 2.42. The molecule has 2 rings (SSSR count). The number of aromatic hydroxyl groups is 1. The van der Waals surface area contributed by atoms with E-state index in [2.05, 4.69) is 58.7 Å². The number of hydrogen-bond acceptors (Lipinski definition) is 3. The molecule has 0 unspecified atom stereocenters. The fraction of sp³-hybridized carbons (Fsp3) is 0.409. The van der Waals surface area contributed by atoms with E-state index in [0.29, 0.717) is 5.56 Å². The Kier molecular flexibility index (Phi) is 5.26. The standard InChI is InChI=1S/C22H29NO2/c1-21(2,3)17-12-16(13-18(20(17)25-7)22(4,5)6)23-14-15-10-8-9-11-19(15)24/h8-14,24H,1-7H3. The fourth-order valence-electron chi connectivity index (χ4n) is 2.76. The normalized spacial score (nSPS) is 12.6. The van der Waals surface area contributed by atoms with Crippen LogP contribution in [0.4, 0.5) is 5.69 Å². The molecule has 0 aliphatic carbocycles. The maximum absolute atomic E-state index is 9.93. The van der Waals surface area contributed by atoms with E-state index in [1.165, 1.54) is 0 Å². The number of methoxy groups -OCH3 is 1. The maximum atomic E-state index is 9.93. The first-order valence-electron chi connectivity index (χ1n) is 8.59. The third kappa shape index (κ3) is 4.41. The molecule has 0 bridgehead atoms. The highest BCUT2D eigenvalue weighted by Gasteiger charge is 2.27. The summed E-state index contributed by atoms with van der Waals surface area (Å²) >= 11 is 0. The number of nitrogens with zero attached hydrogens (tertiary/aromatic N) is 1. The molecular formula is C22H29NO2. The van der Waals surface area contributed by atoms with Crippen molar-refractivity contribution in [3.63, 3.8) is 0 Å². The van der Waals surface area contributed by atoms with Crippen molar-refractivity contribution < 1.29 is 9.84 Å². The van der Waals surface area contributed by atoms with Crippen molar-refractivity contribution in [3.05, 3.63) is 53.1 Å². The molecule has 0 aliphatic heterocycles. The van der Waals surface area contributed by atoms with Crippen molar-refractivity contribution >= 4 is 11.9 Å². The summed E-state index contributed by atoms with van der Waals surface area (Å²) in [4.78, 5) is 4.62. The molecule has 2 aromatic rings. The van der Waals surface area contributed by atoms with E-state index in [0.717, 1.165) is 22.6 Å². The van der Waals surface area contributed by atoms with Crippen molar-refractivity contribution in [2.24, 2.45) is 4.99 Å². The minimum atomic E-state index is -0.0637. The Morgan fingerprint density at radius 2 is 1.44 bits per heavy atom. The van der Waals surface area contributed by atoms with Crippen LogP contribution in [0.3, 0.4) is 0 Å². The van der Waals surface area contributed by atoms with E-state index in [4.69, 9.17) is 4.74 Å². The molecule has 0 amide bonds. The van der Waals surface area contributed by atoms with Crippen molar-refractivity contribution in [3.8, 4) is 11.5 Å². The van der Waals surface area contributed by atoms with Gasteiger partial charge in [0.1, 0.15) is 11.5 Å². The molecule has 134 valence electrons. The molecule has 0 atom stereocenters. The van der Waals surface area contributed by atoms with Gasteiger partial charge in [-0.25, -0.2) is 0 Å². The SMILES string of the molecule is COc1c(C(C)(C)C)cc(N=Cc2ccccc2O)cc1C(C)(C)C. The highest BCUT2D eigenvalue weighted by molar-refractivity contribution is 5.85. The number of hydrogen-bond donors (Lipinski definition) is 1. The minimum Gasteiger partial charge on any atom is -0.507 e. The zero-order valence-electron chi connectivity index (χ0n) is 16.3. The Morgan fingerprint density at radius 1 is 0.920 bits per heavy atom. The summed E-state index contributed by atoms with van der Waals surface area (Å²) in [5.41, 5.74) is 3.70. The summed E-state index contributed by atoms with van der Waals surface area (Å²) in [7, 11) is 1.73. The van der Waals surface area contributed by atoms with Crippen LogP contribution in [0.15, 0.2) is 41.4 Å². The van der Waals surface area contributed by atoms with E-state index >= 15 is 0 Å². The van der Waals surface area contributed by atoms with Gasteiger partial charge in [0, 0.05) is 22.9 Å². The first-order valence-corrected chi connectivity index (χ1v) is 8.59. The van der Waals surface area contributed by atoms with Gasteiger partial charge in [-0.15, -0.1) is 0 Å². The molecule has 2 aromatic carbocycles. The number of para-hydroxylation sites is 1. The summed E-state index contributed by atoms with van der Waals surface area (Å²) in [5.74, 6) is 1.16. The van der Waals surface area contributed by atoms with Gasteiger partial charge in [0.2, 0.25) is 0 Å². The summed E-state index contributed by atoms with van der Waals surface area (Å²) < 4.78 is 5.77. The molecule has 3 nitrogen and oxygen atoms in total. The molecule has 0 fully saturated rings. The second-order valence-electron chi connectivity index (χ2n) is 8.39. The summed E-state index contributed by atoms with van der Waals surface area (Å²) in [6.45, 7) is 13.0. The van der Waals surface area contributed by atoms with Crippen LogP contribution in [0.2, 0.25) is 0 Å². The number of benzene rings is 2. The first-order chi connectivity index (χ1) is 11.5. The van der Waals surface area contributed by atoms with Crippen LogP contribution in [0.25, 0.3) is 0 Å². The molecule has 0 aromatic heterocycles. The topological polar surface area (TPSA) is 41.8 Å². The van der Waals surface area contributed by atoms with Gasteiger partial charge in [-0.05, 0) is 35.1 Å². The Hall–Kier alpha value is -2.29. The van der Waals surface area contributed by atoms with Gasteiger partial charge in [0.05, 0.1) is 12.8 Å². The predicted octanol–water partition coefficient (Wildman–Crippen LogP) is 5.75. The fourth-order valence-corrected chi connectivity index (χ4v) is 2.76. The van der Waals surface area contributed by atoms with Crippen molar-refractivity contribution in [2.75, 3.05) is 7.11 Å². The second-order valence-corrected chi connectivity index (χ2v) is 8.39. The van der Waals surface area contributed by atoms with Gasteiger partial charge in [-0.2, -0.15) is 0 Å². The van der Waals surface area contributed by atoms with Crippen LogP contribution in [-0.2, 0) is 10.8 Å².